The summed E-state index contributed by atoms with van der Waals surface area (Å²) in [5.74, 6) is 0. The molecular weight excluding hydrogens is 292 g/mol. The van der Waals surface area contributed by atoms with Crippen molar-refractivity contribution in [2.45, 2.75) is 53.1 Å². The number of benzene rings is 2. The second kappa shape index (κ2) is 9.48. The van der Waals surface area contributed by atoms with Gasteiger partial charge in [-0.3, -0.25) is 4.90 Å². The minimum Gasteiger partial charge on any atom is -0.385 e. The summed E-state index contributed by atoms with van der Waals surface area (Å²) in [6.07, 6.45) is 2.44. The number of unbranched alkanes of at least 4 members (excludes halogenated alkanes) is 1. The van der Waals surface area contributed by atoms with E-state index < -0.39 is 0 Å². The quantitative estimate of drug-likeness (QED) is 0.587. The van der Waals surface area contributed by atoms with Gasteiger partial charge in [0.25, 0.3) is 0 Å². The minimum atomic E-state index is 0.405. The fourth-order valence-electron chi connectivity index (χ4n) is 3.04. The molecule has 0 heterocycles. The van der Waals surface area contributed by atoms with Crippen molar-refractivity contribution in [1.82, 2.24) is 4.90 Å². The number of nitrogens with one attached hydrogen (secondary N) is 1. The maximum atomic E-state index is 3.60. The highest BCUT2D eigenvalue weighted by atomic mass is 15.1. The Labute approximate surface area is 147 Å². The zero-order valence-corrected chi connectivity index (χ0v) is 15.7. The summed E-state index contributed by atoms with van der Waals surface area (Å²) >= 11 is 0. The number of hydrogen-bond acceptors (Lipinski definition) is 2. The van der Waals surface area contributed by atoms with Crippen LogP contribution in [-0.2, 0) is 6.54 Å². The molecule has 0 unspecified atom stereocenters. The maximum Gasteiger partial charge on any atom is 0.0373 e. The van der Waals surface area contributed by atoms with Gasteiger partial charge in [0.05, 0.1) is 0 Å². The summed E-state index contributed by atoms with van der Waals surface area (Å²) in [5.41, 5.74) is 5.37. The number of aryl methyl sites for hydroxylation is 1. The highest BCUT2D eigenvalue weighted by Gasteiger charge is 2.15. The minimum absolute atomic E-state index is 0.405. The number of rotatable bonds is 9. The van der Waals surface area contributed by atoms with E-state index in [4.69, 9.17) is 0 Å². The summed E-state index contributed by atoms with van der Waals surface area (Å²) in [6.45, 7) is 12.1. The molecule has 2 aromatic rings. The summed E-state index contributed by atoms with van der Waals surface area (Å²) in [7, 11) is 0. The first-order valence-electron chi connectivity index (χ1n) is 9.28. The molecule has 0 amide bonds. The Morgan fingerprint density at radius 3 is 2.46 bits per heavy atom. The van der Waals surface area contributed by atoms with Gasteiger partial charge in [0.2, 0.25) is 0 Å². The lowest BCUT2D eigenvalue weighted by molar-refractivity contribution is 0.213. The zero-order valence-electron chi connectivity index (χ0n) is 15.7. The highest BCUT2D eigenvalue weighted by molar-refractivity contribution is 5.53. The molecule has 1 N–H and O–H groups in total. The van der Waals surface area contributed by atoms with Crippen LogP contribution in [0.3, 0.4) is 0 Å². The summed E-state index contributed by atoms with van der Waals surface area (Å²) in [6, 6.07) is 18.0. The van der Waals surface area contributed by atoms with E-state index in [-0.39, 0.29) is 0 Å². The van der Waals surface area contributed by atoms with E-state index in [2.05, 4.69) is 86.4 Å². The smallest absolute Gasteiger partial charge is 0.0373 e. The van der Waals surface area contributed by atoms with Gasteiger partial charge in [-0.1, -0.05) is 62.7 Å². The molecule has 0 saturated heterocycles. The van der Waals surface area contributed by atoms with Crippen molar-refractivity contribution in [2.75, 3.05) is 18.4 Å². The molecule has 2 heteroatoms. The third-order valence-corrected chi connectivity index (χ3v) is 4.77. The molecule has 0 aromatic heterocycles. The molecule has 0 radical (unpaired) electrons. The maximum absolute atomic E-state index is 3.60. The predicted molar refractivity (Wildman–Crippen MR) is 106 cm³/mol. The third kappa shape index (κ3) is 5.10. The molecule has 2 aromatic carbocycles. The van der Waals surface area contributed by atoms with Crippen LogP contribution in [0, 0.1) is 6.92 Å². The molecule has 0 saturated carbocycles. The van der Waals surface area contributed by atoms with E-state index in [0.717, 1.165) is 19.6 Å². The van der Waals surface area contributed by atoms with Crippen molar-refractivity contribution in [3.63, 3.8) is 0 Å². The van der Waals surface area contributed by atoms with Gasteiger partial charge in [0.15, 0.2) is 0 Å². The fourth-order valence-corrected chi connectivity index (χ4v) is 3.04. The Morgan fingerprint density at radius 2 is 1.79 bits per heavy atom. The Morgan fingerprint density at radius 1 is 1.04 bits per heavy atom. The molecule has 24 heavy (non-hydrogen) atoms. The van der Waals surface area contributed by atoms with Crippen molar-refractivity contribution in [2.24, 2.45) is 0 Å². The molecule has 0 spiro atoms. The van der Waals surface area contributed by atoms with Crippen molar-refractivity contribution < 1.29 is 0 Å². The van der Waals surface area contributed by atoms with Crippen molar-refractivity contribution >= 4 is 5.69 Å². The van der Waals surface area contributed by atoms with Crippen LogP contribution in [-0.4, -0.2) is 18.0 Å². The number of hydrogen-bond donors (Lipinski definition) is 1. The van der Waals surface area contributed by atoms with Crippen LogP contribution >= 0.6 is 0 Å². The number of anilines is 1. The molecule has 0 aliphatic carbocycles. The molecular formula is C22H32N2. The SMILES string of the molecule is CCCCNc1cc([C@@H](C)N(CC)Cc2ccccc2)ccc1C. The van der Waals surface area contributed by atoms with E-state index in [0.29, 0.717) is 6.04 Å². The van der Waals surface area contributed by atoms with Crippen LogP contribution in [0.5, 0.6) is 0 Å². The van der Waals surface area contributed by atoms with Gasteiger partial charge in [0.1, 0.15) is 0 Å². The third-order valence-electron chi connectivity index (χ3n) is 4.77. The second-order valence-electron chi connectivity index (χ2n) is 6.58. The molecule has 0 bridgehead atoms. The second-order valence-corrected chi connectivity index (χ2v) is 6.58. The number of nitrogens with zero attached hydrogens (tertiary/aromatic N) is 1. The average molecular weight is 325 g/mol. The summed E-state index contributed by atoms with van der Waals surface area (Å²) in [4.78, 5) is 2.52. The van der Waals surface area contributed by atoms with E-state index in [1.807, 2.05) is 0 Å². The summed E-state index contributed by atoms with van der Waals surface area (Å²) < 4.78 is 0. The normalized spacial score (nSPS) is 12.4. The predicted octanol–water partition coefficient (Wildman–Crippen LogP) is 5.79. The van der Waals surface area contributed by atoms with E-state index in [9.17, 15) is 0 Å². The van der Waals surface area contributed by atoms with Gasteiger partial charge in [0, 0.05) is 24.8 Å². The molecule has 0 fully saturated rings. The first-order valence-corrected chi connectivity index (χ1v) is 9.28. The Hall–Kier alpha value is -1.80. The van der Waals surface area contributed by atoms with E-state index in [1.54, 1.807) is 0 Å². The van der Waals surface area contributed by atoms with Crippen LogP contribution in [0.15, 0.2) is 48.5 Å². The van der Waals surface area contributed by atoms with Gasteiger partial charge in [-0.05, 0) is 49.6 Å². The largest absolute Gasteiger partial charge is 0.385 e. The van der Waals surface area contributed by atoms with E-state index >= 15 is 0 Å². The average Bonchev–Trinajstić information content (AvgIpc) is 2.61. The monoisotopic (exact) mass is 324 g/mol. The Kier molecular flexibility index (Phi) is 7.33. The lowest BCUT2D eigenvalue weighted by Gasteiger charge is -2.29. The zero-order chi connectivity index (χ0) is 17.4. The first kappa shape index (κ1) is 18.5. The first-order chi connectivity index (χ1) is 11.7. The van der Waals surface area contributed by atoms with Gasteiger partial charge < -0.3 is 5.32 Å². The van der Waals surface area contributed by atoms with Crippen LogP contribution in [0.4, 0.5) is 5.69 Å². The molecule has 1 atom stereocenters. The topological polar surface area (TPSA) is 15.3 Å². The van der Waals surface area contributed by atoms with Gasteiger partial charge in [-0.25, -0.2) is 0 Å². The van der Waals surface area contributed by atoms with Crippen LogP contribution in [0.25, 0.3) is 0 Å². The molecule has 130 valence electrons. The molecule has 0 aliphatic rings. The molecule has 2 rings (SSSR count). The molecule has 0 aliphatic heterocycles. The highest BCUT2D eigenvalue weighted by Crippen LogP contribution is 2.26. The molecule has 2 nitrogen and oxygen atoms in total. The van der Waals surface area contributed by atoms with Crippen molar-refractivity contribution in [3.05, 3.63) is 65.2 Å². The van der Waals surface area contributed by atoms with Gasteiger partial charge in [-0.15, -0.1) is 0 Å². The van der Waals surface area contributed by atoms with Gasteiger partial charge in [-0.2, -0.15) is 0 Å². The van der Waals surface area contributed by atoms with Crippen LogP contribution < -0.4 is 5.32 Å². The fraction of sp³-hybridized carbons (Fsp3) is 0.455. The van der Waals surface area contributed by atoms with Crippen LogP contribution in [0.1, 0.15) is 56.3 Å². The lowest BCUT2D eigenvalue weighted by atomic mass is 10.0. The van der Waals surface area contributed by atoms with E-state index in [1.165, 1.54) is 35.2 Å². The standard InChI is InChI=1S/C22H32N2/c1-5-7-15-23-22-16-21(14-13-18(22)3)19(4)24(6-2)17-20-11-9-8-10-12-20/h8-14,16,19,23H,5-7,15,17H2,1-4H3/t19-/m1/s1. The summed E-state index contributed by atoms with van der Waals surface area (Å²) in [5, 5.41) is 3.60. The van der Waals surface area contributed by atoms with Gasteiger partial charge >= 0.3 is 0 Å². The Bertz CT molecular complexity index is 607. The van der Waals surface area contributed by atoms with Crippen molar-refractivity contribution in [1.29, 1.82) is 0 Å². The van der Waals surface area contributed by atoms with Crippen molar-refractivity contribution in [3.8, 4) is 0 Å². The van der Waals surface area contributed by atoms with Crippen LogP contribution in [0.2, 0.25) is 0 Å². The Balaban J connectivity index is 2.11. The lowest BCUT2D eigenvalue weighted by Crippen LogP contribution is -2.26.